The van der Waals surface area contributed by atoms with Gasteiger partial charge in [-0.15, -0.1) is 0 Å². The summed E-state index contributed by atoms with van der Waals surface area (Å²) in [6, 6.07) is 1.79. The molecule has 2 aromatic rings. The predicted octanol–water partition coefficient (Wildman–Crippen LogP) is 0.111. The van der Waals surface area contributed by atoms with E-state index in [1.165, 1.54) is 0 Å². The molecule has 14 heavy (non-hydrogen) atoms. The summed E-state index contributed by atoms with van der Waals surface area (Å²) < 4.78 is 1.77. The first-order valence-corrected chi connectivity index (χ1v) is 4.48. The third kappa shape index (κ3) is 1.59. The van der Waals surface area contributed by atoms with E-state index in [0.29, 0.717) is 18.7 Å². The van der Waals surface area contributed by atoms with Crippen LogP contribution in [0.5, 0.6) is 0 Å². The maximum Gasteiger partial charge on any atom is 0.139 e. The average molecular weight is 192 g/mol. The second kappa shape index (κ2) is 3.73. The number of aromatic nitrogens is 3. The number of aliphatic hydroxyl groups is 1. The largest absolute Gasteiger partial charge is 0.387 e. The number of fused-ring (bicyclic) bond motifs is 1. The molecule has 74 valence electrons. The smallest absolute Gasteiger partial charge is 0.139 e. The average Bonchev–Trinajstić information content (AvgIpc) is 2.61. The van der Waals surface area contributed by atoms with Crippen LogP contribution in [0.4, 0.5) is 0 Å². The number of imidazole rings is 1. The van der Waals surface area contributed by atoms with Gasteiger partial charge in [0.1, 0.15) is 12.0 Å². The van der Waals surface area contributed by atoms with E-state index in [1.807, 2.05) is 0 Å². The summed E-state index contributed by atoms with van der Waals surface area (Å²) in [5.41, 5.74) is 6.78. The van der Waals surface area contributed by atoms with Gasteiger partial charge in [0.25, 0.3) is 0 Å². The number of hydrogen-bond acceptors (Lipinski definition) is 4. The van der Waals surface area contributed by atoms with E-state index in [4.69, 9.17) is 5.73 Å². The van der Waals surface area contributed by atoms with Crippen molar-refractivity contribution in [2.24, 2.45) is 5.73 Å². The molecule has 2 rings (SSSR count). The minimum Gasteiger partial charge on any atom is -0.387 e. The number of nitrogens with two attached hydrogens (primary N) is 1. The minimum absolute atomic E-state index is 0.452. The Morgan fingerprint density at radius 2 is 2.43 bits per heavy atom. The molecule has 0 fully saturated rings. The monoisotopic (exact) mass is 192 g/mol. The van der Waals surface area contributed by atoms with Gasteiger partial charge in [-0.3, -0.25) is 4.40 Å². The van der Waals surface area contributed by atoms with Crippen LogP contribution in [0, 0.1) is 0 Å². The molecule has 0 aliphatic rings. The summed E-state index contributed by atoms with van der Waals surface area (Å²) in [6.07, 6.45) is 5.03. The van der Waals surface area contributed by atoms with Crippen LogP contribution < -0.4 is 5.73 Å². The summed E-state index contributed by atoms with van der Waals surface area (Å²) in [7, 11) is 0. The van der Waals surface area contributed by atoms with Crippen LogP contribution in [-0.4, -0.2) is 26.0 Å². The Morgan fingerprint density at radius 1 is 1.57 bits per heavy atom. The standard InChI is InChI=1S/C9H12N4O/c10-3-1-8(14)7-5-13-6-11-4-2-9(13)12-7/h2,4-6,8,14H,1,3,10H2. The van der Waals surface area contributed by atoms with Crippen LogP contribution in [0.25, 0.3) is 5.65 Å². The first-order chi connectivity index (χ1) is 6.81. The van der Waals surface area contributed by atoms with E-state index >= 15 is 0 Å². The second-order valence-corrected chi connectivity index (χ2v) is 3.10. The molecule has 0 aromatic carbocycles. The molecule has 0 saturated carbocycles. The highest BCUT2D eigenvalue weighted by Gasteiger charge is 2.10. The summed E-state index contributed by atoms with van der Waals surface area (Å²) in [5, 5.41) is 9.65. The van der Waals surface area contributed by atoms with Gasteiger partial charge in [-0.2, -0.15) is 0 Å². The first kappa shape index (κ1) is 9.11. The van der Waals surface area contributed by atoms with Gasteiger partial charge in [-0.1, -0.05) is 0 Å². The molecule has 5 heteroatoms. The van der Waals surface area contributed by atoms with Crippen LogP contribution in [0.1, 0.15) is 18.2 Å². The van der Waals surface area contributed by atoms with Crippen molar-refractivity contribution in [3.05, 3.63) is 30.5 Å². The normalized spacial score (nSPS) is 13.3. The maximum absolute atomic E-state index is 9.65. The molecule has 0 spiro atoms. The highest BCUT2D eigenvalue weighted by atomic mass is 16.3. The predicted molar refractivity (Wildman–Crippen MR) is 51.6 cm³/mol. The lowest BCUT2D eigenvalue weighted by molar-refractivity contribution is 0.166. The lowest BCUT2D eigenvalue weighted by Crippen LogP contribution is -2.06. The van der Waals surface area contributed by atoms with Crippen molar-refractivity contribution in [2.75, 3.05) is 6.54 Å². The van der Waals surface area contributed by atoms with Gasteiger partial charge in [0.2, 0.25) is 0 Å². The second-order valence-electron chi connectivity index (χ2n) is 3.10. The number of aliphatic hydroxyl groups excluding tert-OH is 1. The molecule has 0 radical (unpaired) electrons. The van der Waals surface area contributed by atoms with Crippen molar-refractivity contribution in [3.63, 3.8) is 0 Å². The fourth-order valence-electron chi connectivity index (χ4n) is 1.33. The quantitative estimate of drug-likeness (QED) is 0.723. The highest BCUT2D eigenvalue weighted by molar-refractivity contribution is 5.38. The van der Waals surface area contributed by atoms with Crippen LogP contribution in [0.15, 0.2) is 24.8 Å². The van der Waals surface area contributed by atoms with Gasteiger partial charge in [0, 0.05) is 12.4 Å². The van der Waals surface area contributed by atoms with Gasteiger partial charge < -0.3 is 10.8 Å². The Bertz CT molecular complexity index is 392. The Hall–Kier alpha value is -1.46. The van der Waals surface area contributed by atoms with Crippen LogP contribution >= 0.6 is 0 Å². The zero-order valence-electron chi connectivity index (χ0n) is 7.67. The van der Waals surface area contributed by atoms with Gasteiger partial charge in [-0.05, 0) is 19.0 Å². The molecule has 2 aromatic heterocycles. The van der Waals surface area contributed by atoms with E-state index in [2.05, 4.69) is 9.97 Å². The Kier molecular flexibility index (Phi) is 2.43. The minimum atomic E-state index is -0.583. The van der Waals surface area contributed by atoms with E-state index in [-0.39, 0.29) is 0 Å². The molecule has 0 saturated heterocycles. The fraction of sp³-hybridized carbons (Fsp3) is 0.333. The Balaban J connectivity index is 2.35. The maximum atomic E-state index is 9.65. The van der Waals surface area contributed by atoms with E-state index in [1.54, 1.807) is 29.2 Å². The van der Waals surface area contributed by atoms with Crippen molar-refractivity contribution in [3.8, 4) is 0 Å². The zero-order chi connectivity index (χ0) is 9.97. The van der Waals surface area contributed by atoms with E-state index in [9.17, 15) is 5.11 Å². The van der Waals surface area contributed by atoms with Crippen molar-refractivity contribution in [1.29, 1.82) is 0 Å². The third-order valence-electron chi connectivity index (χ3n) is 2.06. The Labute approximate surface area is 81.2 Å². The zero-order valence-corrected chi connectivity index (χ0v) is 7.67. The van der Waals surface area contributed by atoms with Crippen molar-refractivity contribution < 1.29 is 5.11 Å². The molecule has 0 amide bonds. The van der Waals surface area contributed by atoms with Crippen LogP contribution in [0.2, 0.25) is 0 Å². The Morgan fingerprint density at radius 3 is 3.14 bits per heavy atom. The van der Waals surface area contributed by atoms with Gasteiger partial charge >= 0.3 is 0 Å². The molecule has 3 N–H and O–H groups in total. The molecular weight excluding hydrogens is 180 g/mol. The van der Waals surface area contributed by atoms with E-state index < -0.39 is 6.10 Å². The summed E-state index contributed by atoms with van der Waals surface area (Å²) in [4.78, 5) is 8.20. The van der Waals surface area contributed by atoms with E-state index in [0.717, 1.165) is 5.65 Å². The molecule has 1 atom stereocenters. The lowest BCUT2D eigenvalue weighted by atomic mass is 10.2. The molecule has 5 nitrogen and oxygen atoms in total. The van der Waals surface area contributed by atoms with Gasteiger partial charge in [0.05, 0.1) is 11.8 Å². The topological polar surface area (TPSA) is 76.4 Å². The molecule has 2 heterocycles. The van der Waals surface area contributed by atoms with Crippen LogP contribution in [-0.2, 0) is 0 Å². The number of nitrogens with zero attached hydrogens (tertiary/aromatic N) is 3. The number of rotatable bonds is 3. The van der Waals surface area contributed by atoms with Gasteiger partial charge in [0.15, 0.2) is 0 Å². The molecular formula is C9H12N4O. The molecule has 0 aliphatic carbocycles. The summed E-state index contributed by atoms with van der Waals surface area (Å²) in [5.74, 6) is 0. The first-order valence-electron chi connectivity index (χ1n) is 4.48. The SMILES string of the molecule is NCCC(O)c1cn2cnccc2n1. The fourth-order valence-corrected chi connectivity index (χ4v) is 1.33. The third-order valence-corrected chi connectivity index (χ3v) is 2.06. The van der Waals surface area contributed by atoms with Crippen molar-refractivity contribution >= 4 is 5.65 Å². The van der Waals surface area contributed by atoms with Crippen molar-refractivity contribution in [1.82, 2.24) is 14.4 Å². The summed E-state index contributed by atoms with van der Waals surface area (Å²) in [6.45, 7) is 0.452. The highest BCUT2D eigenvalue weighted by Crippen LogP contribution is 2.14. The van der Waals surface area contributed by atoms with Crippen LogP contribution in [0.3, 0.4) is 0 Å². The molecule has 0 aliphatic heterocycles. The van der Waals surface area contributed by atoms with Gasteiger partial charge in [-0.25, -0.2) is 9.97 Å². The molecule has 0 bridgehead atoms. The summed E-state index contributed by atoms with van der Waals surface area (Å²) >= 11 is 0. The molecule has 1 unspecified atom stereocenters. The van der Waals surface area contributed by atoms with Crippen molar-refractivity contribution in [2.45, 2.75) is 12.5 Å². The lowest BCUT2D eigenvalue weighted by Gasteiger charge is -2.03. The number of hydrogen-bond donors (Lipinski definition) is 2.